The summed E-state index contributed by atoms with van der Waals surface area (Å²) in [5.41, 5.74) is 1.49. The fourth-order valence-electron chi connectivity index (χ4n) is 1.73. The fourth-order valence-corrected chi connectivity index (χ4v) is 2.18. The molecule has 0 heterocycles. The molecule has 0 aromatic heterocycles. The number of allylic oxidation sites excluding steroid dienone is 1. The lowest BCUT2D eigenvalue weighted by Crippen LogP contribution is -1.98. The average molecular weight is 335 g/mol. The maximum atomic E-state index is 12.9. The standard InChI is InChI=1S/C16H12BrFO2/c17-13-3-1-2-12(8-13)9-14(19)6-4-11-5-7-15(18)16(20)10-11/h1-8,10,20H,9H2/b6-4+. The van der Waals surface area contributed by atoms with Crippen LogP contribution < -0.4 is 0 Å². The highest BCUT2D eigenvalue weighted by Gasteiger charge is 2.02. The Hall–Kier alpha value is -1.94. The summed E-state index contributed by atoms with van der Waals surface area (Å²) >= 11 is 3.35. The largest absolute Gasteiger partial charge is 0.505 e. The van der Waals surface area contributed by atoms with Crippen molar-refractivity contribution in [2.24, 2.45) is 0 Å². The third-order valence-corrected chi connectivity index (χ3v) is 3.19. The van der Waals surface area contributed by atoms with Crippen LogP contribution in [-0.4, -0.2) is 10.9 Å². The summed E-state index contributed by atoms with van der Waals surface area (Å²) in [5.74, 6) is -1.17. The second-order valence-electron chi connectivity index (χ2n) is 4.32. The van der Waals surface area contributed by atoms with Crippen LogP contribution in [0.15, 0.2) is 53.0 Å². The molecule has 4 heteroatoms. The van der Waals surface area contributed by atoms with Gasteiger partial charge in [-0.15, -0.1) is 0 Å². The Kier molecular flexibility index (Phi) is 4.69. The lowest BCUT2D eigenvalue weighted by Gasteiger charge is -1.99. The summed E-state index contributed by atoms with van der Waals surface area (Å²) in [6.45, 7) is 0. The van der Waals surface area contributed by atoms with Crippen molar-refractivity contribution >= 4 is 27.8 Å². The highest BCUT2D eigenvalue weighted by atomic mass is 79.9. The van der Waals surface area contributed by atoms with Crippen molar-refractivity contribution in [2.75, 3.05) is 0 Å². The summed E-state index contributed by atoms with van der Waals surface area (Å²) in [7, 11) is 0. The van der Waals surface area contributed by atoms with Crippen LogP contribution in [0, 0.1) is 5.82 Å². The molecule has 2 aromatic carbocycles. The smallest absolute Gasteiger partial charge is 0.164 e. The molecule has 0 saturated heterocycles. The van der Waals surface area contributed by atoms with Gasteiger partial charge in [0.1, 0.15) is 0 Å². The minimum absolute atomic E-state index is 0.0630. The zero-order valence-corrected chi connectivity index (χ0v) is 12.1. The third kappa shape index (κ3) is 4.03. The van der Waals surface area contributed by atoms with Crippen molar-refractivity contribution in [3.8, 4) is 5.75 Å². The molecule has 2 aromatic rings. The Morgan fingerprint density at radius 3 is 2.75 bits per heavy atom. The molecule has 2 rings (SSSR count). The van der Waals surface area contributed by atoms with E-state index in [1.54, 1.807) is 6.08 Å². The summed E-state index contributed by atoms with van der Waals surface area (Å²) in [6, 6.07) is 11.5. The number of phenolic OH excluding ortho intramolecular Hbond substituents is 1. The molecule has 1 N–H and O–H groups in total. The Morgan fingerprint density at radius 1 is 1.25 bits per heavy atom. The maximum absolute atomic E-state index is 12.9. The second kappa shape index (κ2) is 6.48. The summed E-state index contributed by atoms with van der Waals surface area (Å²) in [4.78, 5) is 11.8. The Balaban J connectivity index is 2.03. The van der Waals surface area contributed by atoms with Crippen molar-refractivity contribution < 1.29 is 14.3 Å². The first-order chi connectivity index (χ1) is 9.54. The Bertz CT molecular complexity index is 665. The molecule has 20 heavy (non-hydrogen) atoms. The zero-order chi connectivity index (χ0) is 14.5. The normalized spacial score (nSPS) is 10.9. The Labute approximate surface area is 124 Å². The van der Waals surface area contributed by atoms with Gasteiger partial charge in [0, 0.05) is 10.9 Å². The SMILES string of the molecule is O=C(/C=C/c1ccc(F)c(O)c1)Cc1cccc(Br)c1. The van der Waals surface area contributed by atoms with Crippen LogP contribution >= 0.6 is 15.9 Å². The van der Waals surface area contributed by atoms with Crippen molar-refractivity contribution in [1.29, 1.82) is 0 Å². The predicted molar refractivity (Wildman–Crippen MR) is 80.0 cm³/mol. The minimum atomic E-state index is -0.678. The van der Waals surface area contributed by atoms with Crippen molar-refractivity contribution in [3.05, 3.63) is 70.0 Å². The molecule has 0 spiro atoms. The van der Waals surface area contributed by atoms with Gasteiger partial charge in [0.15, 0.2) is 17.3 Å². The van der Waals surface area contributed by atoms with E-state index in [2.05, 4.69) is 15.9 Å². The molecular formula is C16H12BrFO2. The van der Waals surface area contributed by atoms with Gasteiger partial charge in [-0.05, 0) is 41.5 Å². The van der Waals surface area contributed by atoms with Gasteiger partial charge in [-0.2, -0.15) is 0 Å². The first-order valence-electron chi connectivity index (χ1n) is 5.98. The average Bonchev–Trinajstić information content (AvgIpc) is 2.40. The number of carbonyl (C=O) groups excluding carboxylic acids is 1. The highest BCUT2D eigenvalue weighted by molar-refractivity contribution is 9.10. The first kappa shape index (κ1) is 14.5. The summed E-state index contributed by atoms with van der Waals surface area (Å²) in [6.07, 6.45) is 3.27. The van der Waals surface area contributed by atoms with E-state index in [0.717, 1.165) is 16.1 Å². The van der Waals surface area contributed by atoms with E-state index in [0.29, 0.717) is 12.0 Å². The number of carbonyl (C=O) groups is 1. The molecule has 0 atom stereocenters. The topological polar surface area (TPSA) is 37.3 Å². The van der Waals surface area contributed by atoms with Gasteiger partial charge in [-0.1, -0.05) is 40.2 Å². The van der Waals surface area contributed by atoms with E-state index in [4.69, 9.17) is 0 Å². The lowest BCUT2D eigenvalue weighted by molar-refractivity contribution is -0.113. The van der Waals surface area contributed by atoms with Crippen molar-refractivity contribution in [2.45, 2.75) is 6.42 Å². The maximum Gasteiger partial charge on any atom is 0.164 e. The van der Waals surface area contributed by atoms with Crippen LogP contribution in [0.1, 0.15) is 11.1 Å². The van der Waals surface area contributed by atoms with E-state index < -0.39 is 11.6 Å². The molecule has 102 valence electrons. The van der Waals surface area contributed by atoms with Crippen molar-refractivity contribution in [3.63, 3.8) is 0 Å². The molecule has 0 saturated carbocycles. The number of hydrogen-bond acceptors (Lipinski definition) is 2. The monoisotopic (exact) mass is 334 g/mol. The van der Waals surface area contributed by atoms with Crippen LogP contribution in [0.2, 0.25) is 0 Å². The van der Waals surface area contributed by atoms with E-state index in [9.17, 15) is 14.3 Å². The molecule has 2 nitrogen and oxygen atoms in total. The summed E-state index contributed by atoms with van der Waals surface area (Å²) in [5, 5.41) is 9.23. The van der Waals surface area contributed by atoms with Crippen LogP contribution in [0.5, 0.6) is 5.75 Å². The van der Waals surface area contributed by atoms with E-state index in [1.165, 1.54) is 18.2 Å². The van der Waals surface area contributed by atoms with Crippen molar-refractivity contribution in [1.82, 2.24) is 0 Å². The van der Waals surface area contributed by atoms with Crippen LogP contribution in [0.4, 0.5) is 4.39 Å². The zero-order valence-electron chi connectivity index (χ0n) is 10.5. The highest BCUT2D eigenvalue weighted by Crippen LogP contribution is 2.18. The van der Waals surface area contributed by atoms with Crippen LogP contribution in [0.3, 0.4) is 0 Å². The van der Waals surface area contributed by atoms with Crippen LogP contribution in [-0.2, 0) is 11.2 Å². The predicted octanol–water partition coefficient (Wildman–Crippen LogP) is 4.12. The number of rotatable bonds is 4. The lowest BCUT2D eigenvalue weighted by atomic mass is 10.1. The molecular weight excluding hydrogens is 323 g/mol. The van der Waals surface area contributed by atoms with Gasteiger partial charge in [-0.3, -0.25) is 4.79 Å². The van der Waals surface area contributed by atoms with Crippen LogP contribution in [0.25, 0.3) is 6.08 Å². The van der Waals surface area contributed by atoms with E-state index in [1.807, 2.05) is 24.3 Å². The minimum Gasteiger partial charge on any atom is -0.505 e. The number of aromatic hydroxyl groups is 1. The van der Waals surface area contributed by atoms with Gasteiger partial charge in [-0.25, -0.2) is 4.39 Å². The number of benzene rings is 2. The van der Waals surface area contributed by atoms with Gasteiger partial charge >= 0.3 is 0 Å². The molecule has 0 fully saturated rings. The molecule has 0 aliphatic rings. The van der Waals surface area contributed by atoms with Gasteiger partial charge in [0.2, 0.25) is 0 Å². The number of hydrogen-bond donors (Lipinski definition) is 1. The number of phenols is 1. The van der Waals surface area contributed by atoms with Gasteiger partial charge in [0.05, 0.1) is 0 Å². The third-order valence-electron chi connectivity index (χ3n) is 2.70. The summed E-state index contributed by atoms with van der Waals surface area (Å²) < 4.78 is 13.8. The van der Waals surface area contributed by atoms with Gasteiger partial charge < -0.3 is 5.11 Å². The number of ketones is 1. The quantitative estimate of drug-likeness (QED) is 0.854. The number of halogens is 2. The first-order valence-corrected chi connectivity index (χ1v) is 6.78. The van der Waals surface area contributed by atoms with Gasteiger partial charge in [0.25, 0.3) is 0 Å². The molecule has 0 unspecified atom stereocenters. The molecule has 0 radical (unpaired) electrons. The molecule has 0 aliphatic carbocycles. The second-order valence-corrected chi connectivity index (χ2v) is 5.23. The molecule has 0 bridgehead atoms. The fraction of sp³-hybridized carbons (Fsp3) is 0.0625. The molecule has 0 aliphatic heterocycles. The Morgan fingerprint density at radius 2 is 2.05 bits per heavy atom. The molecule has 0 amide bonds. The van der Waals surface area contributed by atoms with E-state index in [-0.39, 0.29) is 5.78 Å². The van der Waals surface area contributed by atoms with E-state index >= 15 is 0 Å².